The van der Waals surface area contributed by atoms with Crippen LogP contribution in [0.15, 0.2) is 42.5 Å². The van der Waals surface area contributed by atoms with Gasteiger partial charge in [-0.15, -0.1) is 0 Å². The fraction of sp³-hybridized carbons (Fsp3) is 0.464. The van der Waals surface area contributed by atoms with E-state index < -0.39 is 6.04 Å². The molecule has 1 saturated heterocycles. The molecule has 2 aromatic carbocycles. The monoisotopic (exact) mass is 476 g/mol. The van der Waals surface area contributed by atoms with Crippen LogP contribution in [0.4, 0.5) is 0 Å². The van der Waals surface area contributed by atoms with Crippen LogP contribution in [0.5, 0.6) is 5.75 Å². The third kappa shape index (κ3) is 5.16. The number of carbonyl (C=O) groups is 3. The number of carbonyl (C=O) groups excluding carboxylic acids is 3. The zero-order chi connectivity index (χ0) is 24.5. The quantitative estimate of drug-likeness (QED) is 0.594. The van der Waals surface area contributed by atoms with Gasteiger partial charge in [-0.05, 0) is 43.5 Å². The second-order valence-corrected chi connectivity index (χ2v) is 10.0. The Labute approximate surface area is 206 Å². The van der Waals surface area contributed by atoms with E-state index in [4.69, 9.17) is 9.47 Å². The third-order valence-electron chi connectivity index (χ3n) is 7.09. The van der Waals surface area contributed by atoms with Gasteiger partial charge in [-0.1, -0.05) is 30.3 Å². The number of benzene rings is 2. The van der Waals surface area contributed by atoms with Gasteiger partial charge in [-0.25, -0.2) is 0 Å². The van der Waals surface area contributed by atoms with Crippen molar-refractivity contribution in [2.45, 2.75) is 71.1 Å². The lowest BCUT2D eigenvalue weighted by molar-refractivity contribution is -0.133. The van der Waals surface area contributed by atoms with Gasteiger partial charge in [0.05, 0.1) is 31.2 Å². The average Bonchev–Trinajstić information content (AvgIpc) is 3.15. The minimum Gasteiger partial charge on any atom is -0.489 e. The third-order valence-corrected chi connectivity index (χ3v) is 7.09. The molecule has 1 unspecified atom stereocenters. The molecule has 0 bridgehead atoms. The summed E-state index contributed by atoms with van der Waals surface area (Å²) in [5.74, 6) is 0.303. The predicted octanol–water partition coefficient (Wildman–Crippen LogP) is 3.52. The maximum absolute atomic E-state index is 13.0. The van der Waals surface area contributed by atoms with Crippen molar-refractivity contribution in [2.75, 3.05) is 13.1 Å². The van der Waals surface area contributed by atoms with E-state index in [0.717, 1.165) is 30.8 Å². The summed E-state index contributed by atoms with van der Waals surface area (Å²) in [6.07, 6.45) is 1.18. The van der Waals surface area contributed by atoms with Crippen LogP contribution in [-0.4, -0.2) is 58.6 Å². The van der Waals surface area contributed by atoms with E-state index in [9.17, 15) is 14.4 Å². The van der Waals surface area contributed by atoms with Gasteiger partial charge in [0.15, 0.2) is 5.78 Å². The molecule has 0 N–H and O–H groups in total. The maximum Gasteiger partial charge on any atom is 0.255 e. The molecule has 2 fully saturated rings. The Hall–Kier alpha value is -3.03. The van der Waals surface area contributed by atoms with Gasteiger partial charge in [0.25, 0.3) is 5.91 Å². The Morgan fingerprint density at radius 1 is 0.971 bits per heavy atom. The molecule has 184 valence electrons. The van der Waals surface area contributed by atoms with Gasteiger partial charge in [-0.3, -0.25) is 19.3 Å². The highest BCUT2D eigenvalue weighted by Gasteiger charge is 2.40. The molecular formula is C28H32N2O5. The van der Waals surface area contributed by atoms with E-state index in [2.05, 4.69) is 43.0 Å². The topological polar surface area (TPSA) is 76.2 Å². The van der Waals surface area contributed by atoms with Crippen molar-refractivity contribution in [3.63, 3.8) is 0 Å². The Balaban J connectivity index is 1.21. The lowest BCUT2D eigenvalue weighted by Crippen LogP contribution is -2.44. The molecule has 0 radical (unpaired) electrons. The van der Waals surface area contributed by atoms with Crippen LogP contribution in [0.3, 0.4) is 0 Å². The molecule has 0 spiro atoms. The number of hydrogen-bond acceptors (Lipinski definition) is 6. The Morgan fingerprint density at radius 2 is 1.69 bits per heavy atom. The number of rotatable bonds is 6. The number of fused-ring (bicyclic) bond motifs is 1. The summed E-state index contributed by atoms with van der Waals surface area (Å²) >= 11 is 0. The number of ether oxygens (including phenoxy) is 2. The highest BCUT2D eigenvalue weighted by molar-refractivity contribution is 6.07. The SMILES string of the molecule is C[C@@H]1CN(Cc2ccc(COc3cccc4c3CN(C3CCC(=O)CC3=O)C4=O)cc2)C[C@H](C)O1. The van der Waals surface area contributed by atoms with Gasteiger partial charge in [0.2, 0.25) is 0 Å². The van der Waals surface area contributed by atoms with Gasteiger partial charge >= 0.3 is 0 Å². The van der Waals surface area contributed by atoms with Crippen molar-refractivity contribution < 1.29 is 23.9 Å². The molecule has 0 aromatic heterocycles. The Bertz CT molecular complexity index is 1120. The first kappa shape index (κ1) is 23.7. The van der Waals surface area contributed by atoms with Gasteiger partial charge < -0.3 is 14.4 Å². The second-order valence-electron chi connectivity index (χ2n) is 10.0. The molecule has 35 heavy (non-hydrogen) atoms. The van der Waals surface area contributed by atoms with Crippen molar-refractivity contribution in [3.8, 4) is 5.75 Å². The average molecular weight is 477 g/mol. The van der Waals surface area contributed by atoms with E-state index in [1.807, 2.05) is 12.1 Å². The zero-order valence-electron chi connectivity index (χ0n) is 20.4. The van der Waals surface area contributed by atoms with Crippen LogP contribution < -0.4 is 4.74 Å². The van der Waals surface area contributed by atoms with Gasteiger partial charge in [0.1, 0.15) is 18.1 Å². The summed E-state index contributed by atoms with van der Waals surface area (Å²) < 4.78 is 12.0. The van der Waals surface area contributed by atoms with Crippen LogP contribution in [0.2, 0.25) is 0 Å². The van der Waals surface area contributed by atoms with Crippen molar-refractivity contribution in [2.24, 2.45) is 0 Å². The number of nitrogens with zero attached hydrogens (tertiary/aromatic N) is 2. The normalized spacial score (nSPS) is 25.1. The van der Waals surface area contributed by atoms with Crippen LogP contribution in [0.1, 0.15) is 60.2 Å². The van der Waals surface area contributed by atoms with Crippen molar-refractivity contribution in [3.05, 3.63) is 64.7 Å². The summed E-state index contributed by atoms with van der Waals surface area (Å²) in [6, 6.07) is 13.4. The molecule has 5 rings (SSSR count). The smallest absolute Gasteiger partial charge is 0.255 e. The van der Waals surface area contributed by atoms with E-state index in [-0.39, 0.29) is 36.1 Å². The minimum absolute atomic E-state index is 0.0421. The first-order valence-corrected chi connectivity index (χ1v) is 12.4. The number of ketones is 2. The predicted molar refractivity (Wildman–Crippen MR) is 130 cm³/mol. The lowest BCUT2D eigenvalue weighted by atomic mass is 9.92. The van der Waals surface area contributed by atoms with Crippen molar-refractivity contribution in [1.29, 1.82) is 0 Å². The Kier molecular flexibility index (Phi) is 6.71. The number of Topliss-reactive ketones (excluding diaryl/α,β-unsaturated/α-hetero) is 2. The zero-order valence-corrected chi connectivity index (χ0v) is 20.4. The molecule has 7 nitrogen and oxygen atoms in total. The molecular weight excluding hydrogens is 444 g/mol. The standard InChI is InChI=1S/C28H32N2O5/c1-18-13-29(14-19(2)35-18)15-20-6-8-21(9-7-20)17-34-27-5-3-4-23-24(27)16-30(28(23)33)25-11-10-22(31)12-26(25)32/h3-9,18-19,25H,10-17H2,1-2H3/t18-,19+,25?. The maximum atomic E-state index is 13.0. The summed E-state index contributed by atoms with van der Waals surface area (Å²) in [6.45, 7) is 7.74. The highest BCUT2D eigenvalue weighted by Crippen LogP contribution is 2.34. The summed E-state index contributed by atoms with van der Waals surface area (Å²) in [4.78, 5) is 41.1. The van der Waals surface area contributed by atoms with Crippen LogP contribution >= 0.6 is 0 Å². The fourth-order valence-corrected chi connectivity index (χ4v) is 5.48. The second kappa shape index (κ2) is 9.91. The molecule has 1 amide bonds. The van der Waals surface area contributed by atoms with Crippen LogP contribution in [0.25, 0.3) is 0 Å². The molecule has 2 aromatic rings. The number of hydrogen-bond donors (Lipinski definition) is 0. The van der Waals surface area contributed by atoms with Gasteiger partial charge in [0, 0.05) is 37.2 Å². The lowest BCUT2D eigenvalue weighted by Gasteiger charge is -2.35. The molecule has 2 aliphatic heterocycles. The Morgan fingerprint density at radius 3 is 2.40 bits per heavy atom. The summed E-state index contributed by atoms with van der Waals surface area (Å²) in [7, 11) is 0. The molecule has 7 heteroatoms. The largest absolute Gasteiger partial charge is 0.489 e. The molecule has 1 saturated carbocycles. The fourth-order valence-electron chi connectivity index (χ4n) is 5.48. The van der Waals surface area contributed by atoms with E-state index >= 15 is 0 Å². The van der Waals surface area contributed by atoms with E-state index in [0.29, 0.717) is 37.3 Å². The van der Waals surface area contributed by atoms with E-state index in [1.165, 1.54) is 5.56 Å². The molecule has 2 heterocycles. The van der Waals surface area contributed by atoms with Crippen molar-refractivity contribution >= 4 is 17.5 Å². The first-order valence-electron chi connectivity index (χ1n) is 12.4. The first-order chi connectivity index (χ1) is 16.9. The van der Waals surface area contributed by atoms with E-state index in [1.54, 1.807) is 11.0 Å². The molecule has 3 aliphatic rings. The number of amides is 1. The summed E-state index contributed by atoms with van der Waals surface area (Å²) in [5, 5.41) is 0. The number of morpholine rings is 1. The highest BCUT2D eigenvalue weighted by atomic mass is 16.5. The van der Waals surface area contributed by atoms with Crippen LogP contribution in [0, 0.1) is 0 Å². The van der Waals surface area contributed by atoms with Crippen molar-refractivity contribution in [1.82, 2.24) is 9.80 Å². The molecule has 1 aliphatic carbocycles. The molecule has 3 atom stereocenters. The van der Waals surface area contributed by atoms with Crippen LogP contribution in [-0.2, 0) is 34.0 Å². The summed E-state index contributed by atoms with van der Waals surface area (Å²) in [5.41, 5.74) is 3.70. The minimum atomic E-state index is -0.523. The van der Waals surface area contributed by atoms with Gasteiger partial charge in [-0.2, -0.15) is 0 Å².